The summed E-state index contributed by atoms with van der Waals surface area (Å²) in [7, 11) is 0. The van der Waals surface area contributed by atoms with E-state index in [-0.39, 0.29) is 5.91 Å². The quantitative estimate of drug-likeness (QED) is 0.573. The van der Waals surface area contributed by atoms with Gasteiger partial charge in [-0.3, -0.25) is 4.79 Å². The maximum atomic E-state index is 12.5. The molecule has 130 valence electrons. The number of hydrogen-bond donors (Lipinski definition) is 1. The average Bonchev–Trinajstić information content (AvgIpc) is 3.31. The van der Waals surface area contributed by atoms with Crippen molar-refractivity contribution in [2.75, 3.05) is 11.9 Å². The highest BCUT2D eigenvalue weighted by Crippen LogP contribution is 2.23. The van der Waals surface area contributed by atoms with Crippen molar-refractivity contribution in [2.45, 2.75) is 6.54 Å². The topological polar surface area (TPSA) is 69.3 Å². The van der Waals surface area contributed by atoms with Gasteiger partial charge < -0.3 is 19.0 Å². The zero-order valence-electron chi connectivity index (χ0n) is 14.0. The molecule has 6 nitrogen and oxygen atoms in total. The second-order valence-electron chi connectivity index (χ2n) is 5.78. The Morgan fingerprint density at radius 3 is 3.00 bits per heavy atom. The van der Waals surface area contributed by atoms with E-state index in [9.17, 15) is 4.79 Å². The lowest BCUT2D eigenvalue weighted by Crippen LogP contribution is -2.11. The van der Waals surface area contributed by atoms with Gasteiger partial charge in [0.15, 0.2) is 0 Å². The lowest BCUT2D eigenvalue weighted by Gasteiger charge is -2.09. The van der Waals surface area contributed by atoms with Crippen LogP contribution >= 0.6 is 0 Å². The third-order valence-corrected chi connectivity index (χ3v) is 3.99. The molecule has 0 aliphatic heterocycles. The number of para-hydroxylation sites is 1. The molecule has 6 heteroatoms. The molecule has 0 bridgehead atoms. The number of benzene rings is 2. The maximum absolute atomic E-state index is 12.5. The molecule has 26 heavy (non-hydrogen) atoms. The summed E-state index contributed by atoms with van der Waals surface area (Å²) in [5.41, 5.74) is 1.86. The van der Waals surface area contributed by atoms with E-state index in [4.69, 9.17) is 9.15 Å². The molecule has 0 fully saturated rings. The van der Waals surface area contributed by atoms with Crippen LogP contribution in [0.15, 0.2) is 77.9 Å². The number of amides is 1. The summed E-state index contributed by atoms with van der Waals surface area (Å²) in [6.07, 6.45) is 6.84. The minimum Gasteiger partial charge on any atom is -0.492 e. The molecule has 1 amide bonds. The van der Waals surface area contributed by atoms with E-state index in [1.165, 1.54) is 6.26 Å². The predicted octanol–water partition coefficient (Wildman–Crippen LogP) is 3.96. The number of aromatic nitrogens is 2. The normalized spacial score (nSPS) is 10.8. The minimum absolute atomic E-state index is 0.217. The van der Waals surface area contributed by atoms with Gasteiger partial charge in [0.05, 0.1) is 18.4 Å². The molecule has 0 unspecified atom stereocenters. The van der Waals surface area contributed by atoms with Gasteiger partial charge in [0, 0.05) is 29.5 Å². The van der Waals surface area contributed by atoms with E-state index in [0.717, 1.165) is 5.39 Å². The van der Waals surface area contributed by atoms with Gasteiger partial charge in [-0.2, -0.15) is 0 Å². The number of ether oxygens (including phenoxy) is 1. The number of hydrogen-bond acceptors (Lipinski definition) is 4. The molecular weight excluding hydrogens is 330 g/mol. The van der Waals surface area contributed by atoms with Crippen LogP contribution in [0.2, 0.25) is 0 Å². The number of imidazole rings is 1. The van der Waals surface area contributed by atoms with E-state index < -0.39 is 0 Å². The van der Waals surface area contributed by atoms with Crippen LogP contribution in [0.3, 0.4) is 0 Å². The van der Waals surface area contributed by atoms with Crippen molar-refractivity contribution in [3.63, 3.8) is 0 Å². The largest absolute Gasteiger partial charge is 0.492 e. The molecule has 2 heterocycles. The first-order valence-corrected chi connectivity index (χ1v) is 8.26. The molecular formula is C20H17N3O3. The van der Waals surface area contributed by atoms with E-state index >= 15 is 0 Å². The van der Waals surface area contributed by atoms with Crippen LogP contribution in [0.5, 0.6) is 5.75 Å². The molecule has 2 aromatic heterocycles. The van der Waals surface area contributed by atoms with Crippen molar-refractivity contribution in [3.8, 4) is 5.75 Å². The highest BCUT2D eigenvalue weighted by Gasteiger charge is 2.13. The molecule has 2 aromatic carbocycles. The van der Waals surface area contributed by atoms with Gasteiger partial charge in [-0.1, -0.05) is 24.3 Å². The summed E-state index contributed by atoms with van der Waals surface area (Å²) >= 11 is 0. The molecule has 1 N–H and O–H groups in total. The Labute approximate surface area is 150 Å². The molecule has 0 radical (unpaired) electrons. The average molecular weight is 347 g/mol. The third-order valence-electron chi connectivity index (χ3n) is 3.99. The van der Waals surface area contributed by atoms with Crippen molar-refractivity contribution < 1.29 is 13.9 Å². The van der Waals surface area contributed by atoms with Gasteiger partial charge in [0.25, 0.3) is 5.91 Å². The number of carbonyl (C=O) groups is 1. The van der Waals surface area contributed by atoms with Gasteiger partial charge in [0.2, 0.25) is 0 Å². The van der Waals surface area contributed by atoms with Crippen LogP contribution in [0.1, 0.15) is 10.4 Å². The minimum atomic E-state index is -0.217. The Kier molecular flexibility index (Phi) is 4.38. The number of nitrogens with one attached hydrogen (secondary N) is 1. The fourth-order valence-electron chi connectivity index (χ4n) is 2.70. The summed E-state index contributed by atoms with van der Waals surface area (Å²) in [4.78, 5) is 16.5. The fraction of sp³-hybridized carbons (Fsp3) is 0.100. The number of carbonyl (C=O) groups excluding carboxylic acids is 1. The highest BCUT2D eigenvalue weighted by atomic mass is 16.5. The summed E-state index contributed by atoms with van der Waals surface area (Å²) < 4.78 is 13.1. The zero-order chi connectivity index (χ0) is 17.8. The van der Waals surface area contributed by atoms with Crippen LogP contribution in [-0.2, 0) is 6.54 Å². The zero-order valence-corrected chi connectivity index (χ0v) is 14.0. The van der Waals surface area contributed by atoms with E-state index in [1.54, 1.807) is 18.6 Å². The maximum Gasteiger partial charge on any atom is 0.259 e. The van der Waals surface area contributed by atoms with E-state index in [0.29, 0.717) is 35.7 Å². The number of anilines is 1. The molecule has 0 saturated heterocycles. The van der Waals surface area contributed by atoms with Crippen LogP contribution in [0.4, 0.5) is 5.69 Å². The molecule has 0 spiro atoms. The Balaban J connectivity index is 1.42. The number of fused-ring (bicyclic) bond motifs is 1. The van der Waals surface area contributed by atoms with Gasteiger partial charge >= 0.3 is 0 Å². The Bertz CT molecular complexity index is 1020. The van der Waals surface area contributed by atoms with Gasteiger partial charge in [-0.05, 0) is 18.2 Å². The van der Waals surface area contributed by atoms with Crippen LogP contribution in [-0.4, -0.2) is 22.1 Å². The molecule has 0 atom stereocenters. The lowest BCUT2D eigenvalue weighted by molar-refractivity contribution is 0.102. The second kappa shape index (κ2) is 7.14. The summed E-state index contributed by atoms with van der Waals surface area (Å²) in [5, 5.41) is 3.68. The Morgan fingerprint density at radius 1 is 1.19 bits per heavy atom. The van der Waals surface area contributed by atoms with Crippen LogP contribution in [0.25, 0.3) is 11.0 Å². The van der Waals surface area contributed by atoms with Crippen LogP contribution < -0.4 is 10.1 Å². The summed E-state index contributed by atoms with van der Waals surface area (Å²) in [5.74, 6) is 0.477. The lowest BCUT2D eigenvalue weighted by atomic mass is 10.1. The second-order valence-corrected chi connectivity index (χ2v) is 5.78. The van der Waals surface area contributed by atoms with Gasteiger partial charge in [0.1, 0.15) is 24.2 Å². The Morgan fingerprint density at radius 2 is 2.12 bits per heavy atom. The molecule has 0 saturated carbocycles. The first-order chi connectivity index (χ1) is 12.8. The molecule has 0 aliphatic carbocycles. The van der Waals surface area contributed by atoms with E-state index in [2.05, 4.69) is 10.3 Å². The van der Waals surface area contributed by atoms with Gasteiger partial charge in [-0.15, -0.1) is 0 Å². The highest BCUT2D eigenvalue weighted by molar-refractivity contribution is 6.12. The fourth-order valence-corrected chi connectivity index (χ4v) is 2.70. The van der Waals surface area contributed by atoms with Gasteiger partial charge in [-0.25, -0.2) is 4.98 Å². The SMILES string of the molecule is O=C(Nc1cccc(OCCn2ccnc2)c1)c1coc2ccccc12. The molecule has 4 aromatic rings. The Hall–Kier alpha value is -3.54. The molecule has 0 aliphatic rings. The van der Waals surface area contributed by atoms with Crippen molar-refractivity contribution in [3.05, 3.63) is 79.1 Å². The monoisotopic (exact) mass is 347 g/mol. The smallest absolute Gasteiger partial charge is 0.259 e. The first-order valence-electron chi connectivity index (χ1n) is 8.26. The summed E-state index contributed by atoms with van der Waals surface area (Å²) in [6.45, 7) is 1.22. The number of nitrogens with zero attached hydrogens (tertiary/aromatic N) is 2. The standard InChI is InChI=1S/C20H17N3O3/c24-20(18-13-26-19-7-2-1-6-17(18)19)22-15-4-3-5-16(12-15)25-11-10-23-9-8-21-14-23/h1-9,12-14H,10-11H2,(H,22,24). The first kappa shape index (κ1) is 16.0. The summed E-state index contributed by atoms with van der Waals surface area (Å²) in [6, 6.07) is 14.8. The van der Waals surface area contributed by atoms with Crippen molar-refractivity contribution >= 4 is 22.6 Å². The van der Waals surface area contributed by atoms with E-state index in [1.807, 2.05) is 53.2 Å². The predicted molar refractivity (Wildman–Crippen MR) is 98.3 cm³/mol. The van der Waals surface area contributed by atoms with Crippen LogP contribution in [0, 0.1) is 0 Å². The third kappa shape index (κ3) is 3.44. The number of rotatable bonds is 6. The molecule has 4 rings (SSSR count). The van der Waals surface area contributed by atoms with Crippen molar-refractivity contribution in [2.24, 2.45) is 0 Å². The van der Waals surface area contributed by atoms with Crippen molar-refractivity contribution in [1.29, 1.82) is 0 Å². The van der Waals surface area contributed by atoms with Crippen molar-refractivity contribution in [1.82, 2.24) is 9.55 Å². The number of furan rings is 1.